The number of hydrogen-bond donors (Lipinski definition) is 2. The maximum absolute atomic E-state index is 12.3. The molecule has 0 aliphatic rings. The van der Waals surface area contributed by atoms with E-state index in [4.69, 9.17) is 16.3 Å². The van der Waals surface area contributed by atoms with Crippen molar-refractivity contribution < 1.29 is 9.53 Å². The summed E-state index contributed by atoms with van der Waals surface area (Å²) in [6.45, 7) is 1.99. The van der Waals surface area contributed by atoms with Crippen LogP contribution in [-0.2, 0) is 0 Å². The normalized spacial score (nSPS) is 10.3. The van der Waals surface area contributed by atoms with E-state index in [-0.39, 0.29) is 5.91 Å². The summed E-state index contributed by atoms with van der Waals surface area (Å²) in [4.78, 5) is 20.6. The lowest BCUT2D eigenvalue weighted by Gasteiger charge is -2.10. The number of aryl methyl sites for hydroxylation is 1. The molecule has 6 nitrogen and oxygen atoms in total. The predicted molar refractivity (Wildman–Crippen MR) is 102 cm³/mol. The van der Waals surface area contributed by atoms with E-state index in [9.17, 15) is 4.79 Å². The van der Waals surface area contributed by atoms with Crippen molar-refractivity contribution in [2.75, 3.05) is 17.7 Å². The molecule has 0 aliphatic carbocycles. The first-order valence-electron chi connectivity index (χ1n) is 7.86. The minimum atomic E-state index is -0.277. The molecule has 1 amide bonds. The van der Waals surface area contributed by atoms with Crippen LogP contribution in [0.25, 0.3) is 0 Å². The van der Waals surface area contributed by atoms with Gasteiger partial charge in [0.15, 0.2) is 0 Å². The van der Waals surface area contributed by atoms with Gasteiger partial charge in [0.2, 0.25) is 5.95 Å². The van der Waals surface area contributed by atoms with Crippen LogP contribution < -0.4 is 15.4 Å². The fraction of sp³-hybridized carbons (Fsp3) is 0.105. The van der Waals surface area contributed by atoms with Crippen LogP contribution in [0.2, 0.25) is 5.02 Å². The highest BCUT2D eigenvalue weighted by Crippen LogP contribution is 2.29. The van der Waals surface area contributed by atoms with E-state index in [2.05, 4.69) is 20.6 Å². The molecule has 0 radical (unpaired) electrons. The van der Waals surface area contributed by atoms with Gasteiger partial charge in [-0.2, -0.15) is 0 Å². The first-order valence-corrected chi connectivity index (χ1v) is 8.23. The zero-order valence-electron chi connectivity index (χ0n) is 14.3. The van der Waals surface area contributed by atoms with E-state index in [0.717, 1.165) is 5.56 Å². The monoisotopic (exact) mass is 368 g/mol. The Morgan fingerprint density at radius 1 is 1.08 bits per heavy atom. The Labute approximate surface area is 156 Å². The van der Waals surface area contributed by atoms with Gasteiger partial charge >= 0.3 is 0 Å². The zero-order chi connectivity index (χ0) is 18.5. The van der Waals surface area contributed by atoms with Crippen molar-refractivity contribution in [3.63, 3.8) is 0 Å². The van der Waals surface area contributed by atoms with Gasteiger partial charge in [0, 0.05) is 23.1 Å². The second-order valence-electron chi connectivity index (χ2n) is 5.59. The van der Waals surface area contributed by atoms with Crippen LogP contribution in [0.3, 0.4) is 0 Å². The van der Waals surface area contributed by atoms with Crippen molar-refractivity contribution in [2.24, 2.45) is 0 Å². The third-order valence-corrected chi connectivity index (χ3v) is 3.87. The maximum Gasteiger partial charge on any atom is 0.258 e. The molecule has 0 unspecified atom stereocenters. The van der Waals surface area contributed by atoms with Gasteiger partial charge in [0.1, 0.15) is 5.75 Å². The maximum atomic E-state index is 12.3. The molecule has 132 valence electrons. The number of carbonyl (C=O) groups is 1. The molecule has 1 aromatic heterocycles. The highest BCUT2D eigenvalue weighted by Gasteiger charge is 2.09. The quantitative estimate of drug-likeness (QED) is 0.696. The van der Waals surface area contributed by atoms with Crippen LogP contribution in [0.1, 0.15) is 15.9 Å². The van der Waals surface area contributed by atoms with E-state index in [1.807, 2.05) is 31.2 Å². The molecular weight excluding hydrogens is 352 g/mol. The number of anilines is 3. The molecule has 7 heteroatoms. The van der Waals surface area contributed by atoms with E-state index < -0.39 is 0 Å². The first-order chi connectivity index (χ1) is 12.5. The molecule has 1 heterocycles. The third-order valence-electron chi connectivity index (χ3n) is 3.63. The van der Waals surface area contributed by atoms with Crippen molar-refractivity contribution in [1.29, 1.82) is 0 Å². The number of aromatic nitrogens is 2. The van der Waals surface area contributed by atoms with Crippen molar-refractivity contribution in [3.05, 3.63) is 71.0 Å². The summed E-state index contributed by atoms with van der Waals surface area (Å²) >= 11 is 6.00. The lowest BCUT2D eigenvalue weighted by molar-refractivity contribution is 0.102. The van der Waals surface area contributed by atoms with Crippen LogP contribution in [0.5, 0.6) is 5.75 Å². The molecule has 2 N–H and O–H groups in total. The van der Waals surface area contributed by atoms with Crippen molar-refractivity contribution in [3.8, 4) is 5.75 Å². The Balaban J connectivity index is 1.71. The first kappa shape index (κ1) is 17.7. The number of nitrogens with one attached hydrogen (secondary N) is 2. The Morgan fingerprint density at radius 3 is 2.42 bits per heavy atom. The summed E-state index contributed by atoms with van der Waals surface area (Å²) in [6, 6.07) is 12.7. The molecule has 26 heavy (non-hydrogen) atoms. The number of carbonyl (C=O) groups excluding carboxylic acids is 1. The third kappa shape index (κ3) is 4.29. The molecule has 3 rings (SSSR count). The largest absolute Gasteiger partial charge is 0.495 e. The standard InChI is InChI=1S/C19H17ClN4O2/c1-12-3-6-15(7-4-12)23-18(25)13-10-21-19(22-11-13)24-16-9-14(20)5-8-17(16)26-2/h3-11H,1-2H3,(H,23,25)(H,21,22,24). The summed E-state index contributed by atoms with van der Waals surface area (Å²) in [5.41, 5.74) is 2.83. The molecule has 0 aliphatic heterocycles. The van der Waals surface area contributed by atoms with E-state index in [1.165, 1.54) is 12.4 Å². The van der Waals surface area contributed by atoms with Gasteiger partial charge in [-0.3, -0.25) is 4.79 Å². The van der Waals surface area contributed by atoms with Gasteiger partial charge in [-0.25, -0.2) is 9.97 Å². The Kier molecular flexibility index (Phi) is 5.34. The van der Waals surface area contributed by atoms with Crippen LogP contribution in [0.4, 0.5) is 17.3 Å². The Morgan fingerprint density at radius 2 is 1.77 bits per heavy atom. The lowest BCUT2D eigenvalue weighted by atomic mass is 10.2. The Bertz CT molecular complexity index is 912. The van der Waals surface area contributed by atoms with E-state index in [1.54, 1.807) is 25.3 Å². The van der Waals surface area contributed by atoms with Crippen molar-refractivity contribution in [1.82, 2.24) is 9.97 Å². The fourth-order valence-corrected chi connectivity index (χ4v) is 2.42. The number of hydrogen-bond acceptors (Lipinski definition) is 5. The molecule has 0 spiro atoms. The number of benzene rings is 2. The molecule has 0 saturated carbocycles. The van der Waals surface area contributed by atoms with Gasteiger partial charge in [0.05, 0.1) is 18.4 Å². The van der Waals surface area contributed by atoms with Gasteiger partial charge < -0.3 is 15.4 Å². The van der Waals surface area contributed by atoms with E-state index >= 15 is 0 Å². The summed E-state index contributed by atoms with van der Waals surface area (Å²) in [7, 11) is 1.56. The van der Waals surface area contributed by atoms with Crippen LogP contribution in [-0.4, -0.2) is 23.0 Å². The highest BCUT2D eigenvalue weighted by atomic mass is 35.5. The second kappa shape index (κ2) is 7.84. The molecular formula is C19H17ClN4O2. The average molecular weight is 369 g/mol. The summed E-state index contributed by atoms with van der Waals surface area (Å²) < 4.78 is 5.27. The van der Waals surface area contributed by atoms with Crippen molar-refractivity contribution in [2.45, 2.75) is 6.92 Å². The molecule has 3 aromatic rings. The minimum Gasteiger partial charge on any atom is -0.495 e. The van der Waals surface area contributed by atoms with Crippen molar-refractivity contribution >= 4 is 34.8 Å². The number of ether oxygens (including phenoxy) is 1. The molecule has 0 fully saturated rings. The second-order valence-corrected chi connectivity index (χ2v) is 6.02. The van der Waals surface area contributed by atoms with Crippen LogP contribution >= 0.6 is 11.6 Å². The molecule has 0 bridgehead atoms. The van der Waals surface area contributed by atoms with Crippen LogP contribution in [0.15, 0.2) is 54.9 Å². The average Bonchev–Trinajstić information content (AvgIpc) is 2.64. The van der Waals surface area contributed by atoms with Crippen LogP contribution in [0, 0.1) is 6.92 Å². The number of nitrogens with zero attached hydrogens (tertiary/aromatic N) is 2. The highest BCUT2D eigenvalue weighted by molar-refractivity contribution is 6.31. The zero-order valence-corrected chi connectivity index (χ0v) is 15.0. The number of rotatable bonds is 5. The summed E-state index contributed by atoms with van der Waals surface area (Å²) in [6.07, 6.45) is 2.91. The van der Waals surface area contributed by atoms with Gasteiger partial charge in [-0.05, 0) is 37.3 Å². The minimum absolute atomic E-state index is 0.277. The molecule has 0 atom stereocenters. The van der Waals surface area contributed by atoms with Gasteiger partial charge in [-0.1, -0.05) is 29.3 Å². The lowest BCUT2D eigenvalue weighted by Crippen LogP contribution is -2.13. The summed E-state index contributed by atoms with van der Waals surface area (Å²) in [5.74, 6) is 0.664. The number of amides is 1. The smallest absolute Gasteiger partial charge is 0.258 e. The van der Waals surface area contributed by atoms with Gasteiger partial charge in [0.25, 0.3) is 5.91 Å². The molecule has 0 saturated heterocycles. The van der Waals surface area contributed by atoms with Gasteiger partial charge in [-0.15, -0.1) is 0 Å². The molecule has 2 aromatic carbocycles. The topological polar surface area (TPSA) is 76.1 Å². The number of methoxy groups -OCH3 is 1. The number of halogens is 1. The Hall–Kier alpha value is -3.12. The predicted octanol–water partition coefficient (Wildman–Crippen LogP) is 4.44. The fourth-order valence-electron chi connectivity index (χ4n) is 2.25. The summed E-state index contributed by atoms with van der Waals surface area (Å²) in [5, 5.41) is 6.38. The SMILES string of the molecule is COc1ccc(Cl)cc1Nc1ncc(C(=O)Nc2ccc(C)cc2)cn1. The van der Waals surface area contributed by atoms with E-state index in [0.29, 0.717) is 33.7 Å².